The Morgan fingerprint density at radius 3 is 2.76 bits per heavy atom. The number of thioether (sulfide) groups is 1. The van der Waals surface area contributed by atoms with Crippen molar-refractivity contribution in [2.24, 2.45) is 0 Å². The quantitative estimate of drug-likeness (QED) is 0.241. The number of fused-ring (bicyclic) bond motifs is 1. The maximum atomic E-state index is 12.4. The summed E-state index contributed by atoms with van der Waals surface area (Å²) in [6, 6.07) is 12.4. The van der Waals surface area contributed by atoms with Crippen LogP contribution in [0.1, 0.15) is 16.1 Å². The summed E-state index contributed by atoms with van der Waals surface area (Å²) in [6.07, 6.45) is 1.36. The third-order valence-electron chi connectivity index (χ3n) is 3.66. The zero-order chi connectivity index (χ0) is 17.8. The monoisotopic (exact) mass is 356 g/mol. The van der Waals surface area contributed by atoms with Crippen LogP contribution in [0.2, 0.25) is 0 Å². The molecule has 0 aliphatic rings. The van der Waals surface area contributed by atoms with Crippen LogP contribution in [0, 0.1) is 12.1 Å². The number of aromatic amines is 1. The number of aromatic nitrogens is 2. The Hall–Kier alpha value is -2.80. The summed E-state index contributed by atoms with van der Waals surface area (Å²) in [6.45, 7) is 1.49. The predicted octanol–water partition coefficient (Wildman–Crippen LogP) is 2.63. The first-order valence-corrected chi connectivity index (χ1v) is 8.62. The van der Waals surface area contributed by atoms with E-state index in [9.17, 15) is 14.8 Å². The summed E-state index contributed by atoms with van der Waals surface area (Å²) < 4.78 is 5.74. The molecule has 0 aliphatic carbocycles. The van der Waals surface area contributed by atoms with Gasteiger partial charge in [-0.15, -0.1) is 0 Å². The van der Waals surface area contributed by atoms with Crippen molar-refractivity contribution in [3.05, 3.63) is 65.1 Å². The fourth-order valence-electron chi connectivity index (χ4n) is 2.55. The Kier molecular flexibility index (Phi) is 5.04. The smallest absolute Gasteiger partial charge is 0.316 e. The molecule has 1 N–H and O–H groups in total. The van der Waals surface area contributed by atoms with Gasteiger partial charge in [-0.2, -0.15) is 4.73 Å². The maximum absolute atomic E-state index is 12.4. The number of carbonyl (C=O) groups excluding carboxylic acids is 2. The first kappa shape index (κ1) is 17.0. The van der Waals surface area contributed by atoms with Crippen molar-refractivity contribution in [2.45, 2.75) is 11.9 Å². The van der Waals surface area contributed by atoms with Crippen LogP contribution in [0.3, 0.4) is 0 Å². The Balaban J connectivity index is 1.59. The number of pyridine rings is 1. The van der Waals surface area contributed by atoms with Gasteiger partial charge in [-0.05, 0) is 30.8 Å². The first-order chi connectivity index (χ1) is 12.1. The number of ether oxygens (including phenoxy) is 1. The molecule has 1 aromatic carbocycles. The van der Waals surface area contributed by atoms with E-state index >= 15 is 0 Å². The number of esters is 1. The highest BCUT2D eigenvalue weighted by Gasteiger charge is 2.18. The van der Waals surface area contributed by atoms with E-state index < -0.39 is 5.97 Å². The van der Waals surface area contributed by atoms with Crippen molar-refractivity contribution in [3.63, 3.8) is 0 Å². The van der Waals surface area contributed by atoms with E-state index in [2.05, 4.69) is 4.98 Å². The number of rotatable bonds is 6. The topological polar surface area (TPSA) is 86.1 Å². The summed E-state index contributed by atoms with van der Waals surface area (Å²) in [5.41, 5.74) is 2.15. The lowest BCUT2D eigenvalue weighted by Crippen LogP contribution is -2.28. The third-order valence-corrected chi connectivity index (χ3v) is 4.65. The van der Waals surface area contributed by atoms with Crippen LogP contribution in [0.4, 0.5) is 0 Å². The lowest BCUT2D eigenvalue weighted by molar-refractivity contribution is -0.645. The molecule has 3 rings (SSSR count). The van der Waals surface area contributed by atoms with Crippen LogP contribution >= 0.6 is 11.8 Å². The molecule has 0 spiro atoms. The van der Waals surface area contributed by atoms with Gasteiger partial charge in [0.25, 0.3) is 5.03 Å². The molecule has 0 atom stereocenters. The van der Waals surface area contributed by atoms with E-state index in [1.165, 1.54) is 6.20 Å². The van der Waals surface area contributed by atoms with Gasteiger partial charge < -0.3 is 14.9 Å². The molecule has 2 heterocycles. The standard InChI is InChI=1S/C18H16N2O4S/c1-12-18(13-6-2-3-7-14(13)19-12)15(21)10-24-17(22)11-25-16-8-4-5-9-20(16)23/h2-9,19H,10-11H2,1H3. The summed E-state index contributed by atoms with van der Waals surface area (Å²) in [4.78, 5) is 27.4. The maximum Gasteiger partial charge on any atom is 0.316 e. The van der Waals surface area contributed by atoms with Crippen molar-refractivity contribution >= 4 is 34.4 Å². The van der Waals surface area contributed by atoms with Crippen LogP contribution < -0.4 is 4.73 Å². The van der Waals surface area contributed by atoms with E-state index in [1.54, 1.807) is 18.2 Å². The average Bonchev–Trinajstić information content (AvgIpc) is 2.94. The number of benzene rings is 1. The zero-order valence-electron chi connectivity index (χ0n) is 13.5. The molecule has 7 heteroatoms. The van der Waals surface area contributed by atoms with Crippen LogP contribution in [-0.4, -0.2) is 29.1 Å². The van der Waals surface area contributed by atoms with Gasteiger partial charge >= 0.3 is 5.97 Å². The zero-order valence-corrected chi connectivity index (χ0v) is 14.3. The normalized spacial score (nSPS) is 10.8. The second-order valence-electron chi connectivity index (χ2n) is 5.41. The van der Waals surface area contributed by atoms with Gasteiger partial charge in [0.15, 0.2) is 12.8 Å². The molecule has 0 saturated heterocycles. The van der Waals surface area contributed by atoms with Crippen LogP contribution in [-0.2, 0) is 9.53 Å². The molecule has 128 valence electrons. The van der Waals surface area contributed by atoms with Gasteiger partial charge in [-0.3, -0.25) is 9.59 Å². The largest absolute Gasteiger partial charge is 0.618 e. The lowest BCUT2D eigenvalue weighted by atomic mass is 10.1. The number of nitrogens with one attached hydrogen (secondary N) is 1. The molecule has 2 aromatic heterocycles. The van der Waals surface area contributed by atoms with Crippen molar-refractivity contribution in [2.75, 3.05) is 12.4 Å². The minimum Gasteiger partial charge on any atom is -0.618 e. The third kappa shape index (κ3) is 3.83. The lowest BCUT2D eigenvalue weighted by Gasteiger charge is -2.05. The number of H-pyrrole nitrogens is 1. The summed E-state index contributed by atoms with van der Waals surface area (Å²) in [5.74, 6) is -0.835. The first-order valence-electron chi connectivity index (χ1n) is 7.63. The number of hydrogen-bond acceptors (Lipinski definition) is 5. The van der Waals surface area contributed by atoms with Crippen LogP contribution in [0.15, 0.2) is 53.7 Å². The molecule has 0 fully saturated rings. The minimum atomic E-state index is -0.542. The SMILES string of the molecule is Cc1[nH]c2ccccc2c1C(=O)COC(=O)CSc1cccc[n+]1[O-]. The number of nitrogens with zero attached hydrogens (tertiary/aromatic N) is 1. The molecule has 25 heavy (non-hydrogen) atoms. The second kappa shape index (κ2) is 7.40. The Morgan fingerprint density at radius 1 is 1.20 bits per heavy atom. The fraction of sp³-hybridized carbons (Fsp3) is 0.167. The van der Waals surface area contributed by atoms with Gasteiger partial charge in [0.05, 0.1) is 0 Å². The molecular weight excluding hydrogens is 340 g/mol. The Morgan fingerprint density at radius 2 is 1.96 bits per heavy atom. The van der Waals surface area contributed by atoms with E-state index in [0.717, 1.165) is 28.4 Å². The van der Waals surface area contributed by atoms with Gasteiger partial charge in [-0.25, -0.2) is 0 Å². The molecule has 0 saturated carbocycles. The summed E-state index contributed by atoms with van der Waals surface area (Å²) in [5, 5.41) is 12.7. The molecule has 0 aliphatic heterocycles. The average molecular weight is 356 g/mol. The minimum absolute atomic E-state index is 0.0353. The van der Waals surface area contributed by atoms with E-state index in [4.69, 9.17) is 4.74 Å². The van der Waals surface area contributed by atoms with Crippen molar-refractivity contribution < 1.29 is 19.1 Å². The van der Waals surface area contributed by atoms with Crippen molar-refractivity contribution in [1.29, 1.82) is 0 Å². The molecule has 0 radical (unpaired) electrons. The fourth-order valence-corrected chi connectivity index (χ4v) is 3.27. The Labute approximate surface area is 148 Å². The number of para-hydroxylation sites is 1. The number of hydrogen-bond donors (Lipinski definition) is 1. The number of carbonyl (C=O) groups is 2. The van der Waals surface area contributed by atoms with Crippen LogP contribution in [0.5, 0.6) is 0 Å². The Bertz CT molecular complexity index is 936. The molecule has 0 bridgehead atoms. The van der Waals surface area contributed by atoms with E-state index in [-0.39, 0.29) is 18.1 Å². The molecular formula is C18H16N2O4S. The highest BCUT2D eigenvalue weighted by atomic mass is 32.2. The predicted molar refractivity (Wildman–Crippen MR) is 94.5 cm³/mol. The summed E-state index contributed by atoms with van der Waals surface area (Å²) in [7, 11) is 0. The number of aryl methyl sites for hydroxylation is 1. The van der Waals surface area contributed by atoms with Crippen molar-refractivity contribution in [3.8, 4) is 0 Å². The molecule has 0 amide bonds. The number of ketones is 1. The highest BCUT2D eigenvalue weighted by Crippen LogP contribution is 2.22. The number of Topliss-reactive ketones (excluding diaryl/α,β-unsaturated/α-hetero) is 1. The van der Waals surface area contributed by atoms with Crippen LogP contribution in [0.25, 0.3) is 10.9 Å². The second-order valence-corrected chi connectivity index (χ2v) is 6.40. The summed E-state index contributed by atoms with van der Waals surface area (Å²) >= 11 is 1.07. The van der Waals surface area contributed by atoms with Gasteiger partial charge in [0, 0.05) is 34.3 Å². The van der Waals surface area contributed by atoms with Gasteiger partial charge in [0.2, 0.25) is 5.78 Å². The highest BCUT2D eigenvalue weighted by molar-refractivity contribution is 7.99. The van der Waals surface area contributed by atoms with E-state index in [0.29, 0.717) is 15.3 Å². The van der Waals surface area contributed by atoms with Gasteiger partial charge in [-0.1, -0.05) is 18.2 Å². The van der Waals surface area contributed by atoms with Gasteiger partial charge in [0.1, 0.15) is 5.75 Å². The molecule has 0 unspecified atom stereocenters. The molecule has 3 aromatic rings. The molecule has 6 nitrogen and oxygen atoms in total. The van der Waals surface area contributed by atoms with E-state index in [1.807, 2.05) is 31.2 Å². The van der Waals surface area contributed by atoms with Crippen molar-refractivity contribution in [1.82, 2.24) is 4.98 Å².